The van der Waals surface area contributed by atoms with Crippen LogP contribution in [0, 0.1) is 0 Å². The van der Waals surface area contributed by atoms with Gasteiger partial charge in [0.05, 0.1) is 6.10 Å². The van der Waals surface area contributed by atoms with E-state index in [2.05, 4.69) is 29.2 Å². The van der Waals surface area contributed by atoms with Crippen LogP contribution in [0.1, 0.15) is 18.4 Å². The summed E-state index contributed by atoms with van der Waals surface area (Å²) in [7, 11) is 1.81. The van der Waals surface area contributed by atoms with Crippen LogP contribution in [0.3, 0.4) is 0 Å². The van der Waals surface area contributed by atoms with Crippen LogP contribution in [0.5, 0.6) is 0 Å². The maximum Gasteiger partial charge on any atom is 0.0595 e. The van der Waals surface area contributed by atoms with E-state index in [0.717, 1.165) is 38.9 Å². The molecule has 1 atom stereocenters. The second kappa shape index (κ2) is 6.88. The van der Waals surface area contributed by atoms with Gasteiger partial charge in [0.1, 0.15) is 0 Å². The molecule has 0 bridgehead atoms. The molecule has 3 heteroatoms. The molecule has 0 amide bonds. The van der Waals surface area contributed by atoms with Crippen LogP contribution < -0.4 is 5.73 Å². The largest absolute Gasteiger partial charge is 0.381 e. The highest BCUT2D eigenvalue weighted by Crippen LogP contribution is 2.13. The summed E-state index contributed by atoms with van der Waals surface area (Å²) in [5, 5.41) is 0. The Morgan fingerprint density at radius 2 is 1.94 bits per heavy atom. The van der Waals surface area contributed by atoms with Crippen LogP contribution >= 0.6 is 0 Å². The summed E-state index contributed by atoms with van der Waals surface area (Å²) < 4.78 is 5.38. The Hall–Kier alpha value is -0.900. The predicted octanol–water partition coefficient (Wildman–Crippen LogP) is 1.67. The van der Waals surface area contributed by atoms with Crippen molar-refractivity contribution in [2.45, 2.75) is 31.4 Å². The van der Waals surface area contributed by atoms with Gasteiger partial charge in [-0.15, -0.1) is 0 Å². The lowest BCUT2D eigenvalue weighted by molar-refractivity contribution is 0.0395. The highest BCUT2D eigenvalue weighted by Gasteiger charge is 2.20. The minimum absolute atomic E-state index is 0.228. The molecule has 1 heterocycles. The molecule has 100 valence electrons. The van der Waals surface area contributed by atoms with Gasteiger partial charge in [-0.25, -0.2) is 0 Å². The number of nitrogens with zero attached hydrogens (tertiary/aromatic N) is 1. The molecule has 2 N–H and O–H groups in total. The van der Waals surface area contributed by atoms with E-state index in [0.29, 0.717) is 6.10 Å². The second-order valence-electron chi connectivity index (χ2n) is 5.19. The van der Waals surface area contributed by atoms with Gasteiger partial charge in [-0.2, -0.15) is 0 Å². The lowest BCUT2D eigenvalue weighted by Crippen LogP contribution is -2.44. The number of piperidine rings is 1. The molecule has 1 aromatic carbocycles. The molecule has 0 spiro atoms. The zero-order valence-electron chi connectivity index (χ0n) is 11.2. The lowest BCUT2D eigenvalue weighted by atomic mass is 10.0. The molecule has 1 aliphatic heterocycles. The maximum atomic E-state index is 6.23. The summed E-state index contributed by atoms with van der Waals surface area (Å²) in [6.07, 6.45) is 3.68. The number of benzene rings is 1. The fourth-order valence-corrected chi connectivity index (χ4v) is 2.64. The lowest BCUT2D eigenvalue weighted by Gasteiger charge is -2.32. The molecule has 1 saturated heterocycles. The van der Waals surface area contributed by atoms with Gasteiger partial charge in [-0.3, -0.25) is 0 Å². The Kier molecular flexibility index (Phi) is 5.17. The molecular formula is C15H24N2O. The van der Waals surface area contributed by atoms with Crippen molar-refractivity contribution < 1.29 is 4.74 Å². The summed E-state index contributed by atoms with van der Waals surface area (Å²) in [5.74, 6) is 0. The summed E-state index contributed by atoms with van der Waals surface area (Å²) in [6, 6.07) is 10.7. The van der Waals surface area contributed by atoms with Gasteiger partial charge in [0.15, 0.2) is 0 Å². The number of hydrogen-bond donors (Lipinski definition) is 1. The number of methoxy groups -OCH3 is 1. The molecule has 2 rings (SSSR count). The smallest absolute Gasteiger partial charge is 0.0595 e. The van der Waals surface area contributed by atoms with E-state index in [-0.39, 0.29) is 6.04 Å². The summed E-state index contributed by atoms with van der Waals surface area (Å²) >= 11 is 0. The molecule has 1 fully saturated rings. The predicted molar refractivity (Wildman–Crippen MR) is 74.6 cm³/mol. The average Bonchev–Trinajstić information content (AvgIpc) is 2.40. The highest BCUT2D eigenvalue weighted by atomic mass is 16.5. The van der Waals surface area contributed by atoms with Crippen LogP contribution in [-0.2, 0) is 11.2 Å². The molecule has 0 aromatic heterocycles. The van der Waals surface area contributed by atoms with Crippen LogP contribution in [0.25, 0.3) is 0 Å². The van der Waals surface area contributed by atoms with Crippen LogP contribution in [0.2, 0.25) is 0 Å². The van der Waals surface area contributed by atoms with E-state index in [9.17, 15) is 0 Å². The first-order valence-electron chi connectivity index (χ1n) is 6.82. The minimum Gasteiger partial charge on any atom is -0.381 e. The third-order valence-corrected chi connectivity index (χ3v) is 3.70. The Morgan fingerprint density at radius 3 is 2.56 bits per heavy atom. The number of rotatable bonds is 5. The van der Waals surface area contributed by atoms with E-state index in [4.69, 9.17) is 10.5 Å². The number of nitrogens with two attached hydrogens (primary N) is 1. The first kappa shape index (κ1) is 13.5. The Labute approximate surface area is 110 Å². The second-order valence-corrected chi connectivity index (χ2v) is 5.19. The van der Waals surface area contributed by atoms with Crippen LogP contribution in [0.15, 0.2) is 30.3 Å². The van der Waals surface area contributed by atoms with Gasteiger partial charge in [0.2, 0.25) is 0 Å². The molecular weight excluding hydrogens is 224 g/mol. The number of likely N-dealkylation sites (tertiary alicyclic amines) is 1. The van der Waals surface area contributed by atoms with Crippen molar-refractivity contribution in [1.82, 2.24) is 4.90 Å². The van der Waals surface area contributed by atoms with Crippen molar-refractivity contribution in [3.63, 3.8) is 0 Å². The SMILES string of the molecule is COC1CCN(C[C@H](N)Cc2ccccc2)CC1. The summed E-state index contributed by atoms with van der Waals surface area (Å²) in [6.45, 7) is 3.22. The van der Waals surface area contributed by atoms with Gasteiger partial charge in [0.25, 0.3) is 0 Å². The average molecular weight is 248 g/mol. The standard InChI is InChI=1S/C15H24N2O/c1-18-15-7-9-17(10-8-15)12-14(16)11-13-5-3-2-4-6-13/h2-6,14-15H,7-12,16H2,1H3/t14-/m1/s1. The van der Waals surface area contributed by atoms with Crippen molar-refractivity contribution in [3.05, 3.63) is 35.9 Å². The van der Waals surface area contributed by atoms with Crippen molar-refractivity contribution >= 4 is 0 Å². The van der Waals surface area contributed by atoms with Crippen molar-refractivity contribution in [1.29, 1.82) is 0 Å². The number of ether oxygens (including phenoxy) is 1. The van der Waals surface area contributed by atoms with Crippen LogP contribution in [-0.4, -0.2) is 43.8 Å². The zero-order valence-corrected chi connectivity index (χ0v) is 11.2. The van der Waals surface area contributed by atoms with E-state index in [1.165, 1.54) is 5.56 Å². The van der Waals surface area contributed by atoms with E-state index >= 15 is 0 Å². The van der Waals surface area contributed by atoms with Gasteiger partial charge >= 0.3 is 0 Å². The van der Waals surface area contributed by atoms with Crippen molar-refractivity contribution in [2.24, 2.45) is 5.73 Å². The highest BCUT2D eigenvalue weighted by molar-refractivity contribution is 5.15. The molecule has 1 aliphatic rings. The third kappa shape index (κ3) is 4.09. The Morgan fingerprint density at radius 1 is 1.28 bits per heavy atom. The minimum atomic E-state index is 0.228. The maximum absolute atomic E-state index is 6.23. The van der Waals surface area contributed by atoms with Gasteiger partial charge in [-0.1, -0.05) is 30.3 Å². The molecule has 3 nitrogen and oxygen atoms in total. The molecule has 0 aliphatic carbocycles. The van der Waals surface area contributed by atoms with Gasteiger partial charge in [0, 0.05) is 32.8 Å². The normalized spacial score (nSPS) is 19.9. The summed E-state index contributed by atoms with van der Waals surface area (Å²) in [5.41, 5.74) is 7.56. The topological polar surface area (TPSA) is 38.5 Å². The zero-order chi connectivity index (χ0) is 12.8. The first-order valence-corrected chi connectivity index (χ1v) is 6.82. The van der Waals surface area contributed by atoms with Crippen molar-refractivity contribution in [2.75, 3.05) is 26.7 Å². The fourth-order valence-electron chi connectivity index (χ4n) is 2.64. The number of hydrogen-bond acceptors (Lipinski definition) is 3. The summed E-state index contributed by atoms with van der Waals surface area (Å²) in [4.78, 5) is 2.46. The third-order valence-electron chi connectivity index (χ3n) is 3.70. The van der Waals surface area contributed by atoms with Crippen LogP contribution in [0.4, 0.5) is 0 Å². The van der Waals surface area contributed by atoms with E-state index in [1.54, 1.807) is 0 Å². The monoisotopic (exact) mass is 248 g/mol. The molecule has 0 saturated carbocycles. The van der Waals surface area contributed by atoms with Crippen molar-refractivity contribution in [3.8, 4) is 0 Å². The molecule has 1 aromatic rings. The fraction of sp³-hybridized carbons (Fsp3) is 0.600. The van der Waals surface area contributed by atoms with E-state index in [1.807, 2.05) is 13.2 Å². The quantitative estimate of drug-likeness (QED) is 0.861. The van der Waals surface area contributed by atoms with E-state index < -0.39 is 0 Å². The molecule has 0 radical (unpaired) electrons. The van der Waals surface area contributed by atoms with Gasteiger partial charge in [-0.05, 0) is 24.8 Å². The first-order chi connectivity index (χ1) is 8.78. The Bertz CT molecular complexity index is 334. The Balaban J connectivity index is 1.73. The van der Waals surface area contributed by atoms with Gasteiger partial charge < -0.3 is 15.4 Å². The molecule has 18 heavy (non-hydrogen) atoms. The molecule has 0 unspecified atom stereocenters.